The largest absolute Gasteiger partial charge is 0.493 e. The number of amides is 1. The number of rotatable bonds is 5. The Labute approximate surface area is 127 Å². The molecule has 7 heteroatoms. The molecule has 0 unspecified atom stereocenters. The fourth-order valence-corrected chi connectivity index (χ4v) is 1.91. The smallest absolute Gasteiger partial charge is 0.229 e. The summed E-state index contributed by atoms with van der Waals surface area (Å²) in [7, 11) is 3.10. The van der Waals surface area contributed by atoms with Crippen molar-refractivity contribution in [1.29, 1.82) is 0 Å². The Morgan fingerprint density at radius 1 is 1.24 bits per heavy atom. The highest BCUT2D eigenvalue weighted by atomic mass is 35.5. The van der Waals surface area contributed by atoms with Gasteiger partial charge in [-0.05, 0) is 35.4 Å². The van der Waals surface area contributed by atoms with Gasteiger partial charge in [0.05, 0.1) is 20.6 Å². The Bertz CT molecular complexity index is 649. The zero-order valence-electron chi connectivity index (χ0n) is 11.6. The first-order chi connectivity index (χ1) is 10.1. The quantitative estimate of drug-likeness (QED) is 0.858. The SMILES string of the molecule is COc1ccc(CC(=O)Nc2ccnc(Cl)n2)cc1OC. The molecule has 0 fully saturated rings. The number of benzene rings is 1. The molecule has 0 bridgehead atoms. The van der Waals surface area contributed by atoms with Crippen molar-refractivity contribution < 1.29 is 14.3 Å². The van der Waals surface area contributed by atoms with Crippen LogP contribution in [0.5, 0.6) is 11.5 Å². The zero-order chi connectivity index (χ0) is 15.2. The molecule has 2 rings (SSSR count). The van der Waals surface area contributed by atoms with Crippen molar-refractivity contribution in [2.45, 2.75) is 6.42 Å². The number of carbonyl (C=O) groups excluding carboxylic acids is 1. The van der Waals surface area contributed by atoms with Crippen LogP contribution in [-0.4, -0.2) is 30.1 Å². The molecule has 6 nitrogen and oxygen atoms in total. The lowest BCUT2D eigenvalue weighted by Crippen LogP contribution is -2.15. The lowest BCUT2D eigenvalue weighted by Gasteiger charge is -2.09. The average molecular weight is 308 g/mol. The van der Waals surface area contributed by atoms with Gasteiger partial charge >= 0.3 is 0 Å². The molecular weight excluding hydrogens is 294 g/mol. The molecule has 0 aliphatic carbocycles. The van der Waals surface area contributed by atoms with E-state index in [4.69, 9.17) is 21.1 Å². The third-order valence-corrected chi connectivity index (χ3v) is 2.89. The van der Waals surface area contributed by atoms with Crippen molar-refractivity contribution >= 4 is 23.3 Å². The molecule has 21 heavy (non-hydrogen) atoms. The van der Waals surface area contributed by atoms with Crippen LogP contribution in [0.2, 0.25) is 5.28 Å². The van der Waals surface area contributed by atoms with Crippen LogP contribution in [0.25, 0.3) is 0 Å². The molecule has 1 aromatic carbocycles. The van der Waals surface area contributed by atoms with Gasteiger partial charge in [-0.25, -0.2) is 9.97 Å². The first-order valence-corrected chi connectivity index (χ1v) is 6.49. The fourth-order valence-electron chi connectivity index (χ4n) is 1.77. The van der Waals surface area contributed by atoms with E-state index in [-0.39, 0.29) is 17.6 Å². The molecular formula is C14H14ClN3O3. The minimum atomic E-state index is -0.211. The van der Waals surface area contributed by atoms with Crippen LogP contribution < -0.4 is 14.8 Å². The van der Waals surface area contributed by atoms with Crippen molar-refractivity contribution in [3.63, 3.8) is 0 Å². The average Bonchev–Trinajstić information content (AvgIpc) is 2.47. The summed E-state index contributed by atoms with van der Waals surface area (Å²) < 4.78 is 10.3. The molecule has 0 saturated carbocycles. The summed E-state index contributed by atoms with van der Waals surface area (Å²) in [5, 5.41) is 2.73. The van der Waals surface area contributed by atoms with Gasteiger partial charge in [0.1, 0.15) is 5.82 Å². The van der Waals surface area contributed by atoms with Gasteiger partial charge in [0, 0.05) is 6.20 Å². The third kappa shape index (κ3) is 4.06. The van der Waals surface area contributed by atoms with Crippen molar-refractivity contribution in [2.75, 3.05) is 19.5 Å². The standard InChI is InChI=1S/C14H14ClN3O3/c1-20-10-4-3-9(7-11(10)21-2)8-13(19)17-12-5-6-16-14(15)18-12/h3-7H,8H2,1-2H3,(H,16,17,18,19). The van der Waals surface area contributed by atoms with Crippen molar-refractivity contribution in [2.24, 2.45) is 0 Å². The van der Waals surface area contributed by atoms with Gasteiger partial charge in [0.15, 0.2) is 11.5 Å². The Morgan fingerprint density at radius 2 is 2.00 bits per heavy atom. The number of carbonyl (C=O) groups is 1. The van der Waals surface area contributed by atoms with E-state index in [1.807, 2.05) is 0 Å². The molecule has 0 radical (unpaired) electrons. The topological polar surface area (TPSA) is 73.3 Å². The van der Waals surface area contributed by atoms with Crippen molar-refractivity contribution in [1.82, 2.24) is 9.97 Å². The minimum Gasteiger partial charge on any atom is -0.493 e. The molecule has 0 aliphatic rings. The second kappa shape index (κ2) is 6.90. The molecule has 0 spiro atoms. The summed E-state index contributed by atoms with van der Waals surface area (Å²) in [5.41, 5.74) is 0.797. The number of aromatic nitrogens is 2. The molecule has 1 amide bonds. The molecule has 1 aromatic heterocycles. The van der Waals surface area contributed by atoms with E-state index in [1.54, 1.807) is 38.5 Å². The second-order valence-electron chi connectivity index (χ2n) is 4.13. The van der Waals surface area contributed by atoms with E-state index in [0.29, 0.717) is 17.3 Å². The van der Waals surface area contributed by atoms with Crippen LogP contribution >= 0.6 is 11.6 Å². The molecule has 1 N–H and O–H groups in total. The third-order valence-electron chi connectivity index (χ3n) is 2.71. The number of nitrogens with one attached hydrogen (secondary N) is 1. The normalized spacial score (nSPS) is 10.0. The maximum Gasteiger partial charge on any atom is 0.229 e. The van der Waals surface area contributed by atoms with Crippen LogP contribution in [0.4, 0.5) is 5.82 Å². The second-order valence-corrected chi connectivity index (χ2v) is 4.46. The van der Waals surface area contributed by atoms with Crippen molar-refractivity contribution in [3.8, 4) is 11.5 Å². The molecule has 2 aromatic rings. The summed E-state index contributed by atoms with van der Waals surface area (Å²) in [5.74, 6) is 1.34. The van der Waals surface area contributed by atoms with E-state index in [2.05, 4.69) is 15.3 Å². The maximum atomic E-state index is 12.0. The summed E-state index contributed by atoms with van der Waals surface area (Å²) in [4.78, 5) is 19.6. The van der Waals surface area contributed by atoms with Gasteiger partial charge in [-0.1, -0.05) is 6.07 Å². The van der Waals surface area contributed by atoms with E-state index >= 15 is 0 Å². The Hall–Kier alpha value is -2.34. The maximum absolute atomic E-state index is 12.0. The molecule has 0 saturated heterocycles. The number of nitrogens with zero attached hydrogens (tertiary/aromatic N) is 2. The highest BCUT2D eigenvalue weighted by Crippen LogP contribution is 2.27. The van der Waals surface area contributed by atoms with Crippen molar-refractivity contribution in [3.05, 3.63) is 41.3 Å². The summed E-state index contributed by atoms with van der Waals surface area (Å²) in [6.07, 6.45) is 1.66. The van der Waals surface area contributed by atoms with Gasteiger partial charge in [0.25, 0.3) is 0 Å². The van der Waals surface area contributed by atoms with Crippen LogP contribution in [0.1, 0.15) is 5.56 Å². The van der Waals surface area contributed by atoms with Crippen LogP contribution in [-0.2, 0) is 11.2 Å². The van der Waals surface area contributed by atoms with Crippen LogP contribution in [0.3, 0.4) is 0 Å². The highest BCUT2D eigenvalue weighted by molar-refractivity contribution is 6.28. The Kier molecular flexibility index (Phi) is 4.94. The lowest BCUT2D eigenvalue weighted by molar-refractivity contribution is -0.115. The van der Waals surface area contributed by atoms with Gasteiger partial charge in [-0.2, -0.15) is 0 Å². The predicted molar refractivity (Wildman–Crippen MR) is 78.9 cm³/mol. The first kappa shape index (κ1) is 15.1. The number of hydrogen-bond donors (Lipinski definition) is 1. The lowest BCUT2D eigenvalue weighted by atomic mass is 10.1. The summed E-state index contributed by atoms with van der Waals surface area (Å²) in [6.45, 7) is 0. The number of hydrogen-bond acceptors (Lipinski definition) is 5. The van der Waals surface area contributed by atoms with Crippen LogP contribution in [0, 0.1) is 0 Å². The molecule has 110 valence electrons. The molecule has 0 aliphatic heterocycles. The van der Waals surface area contributed by atoms with E-state index in [9.17, 15) is 4.79 Å². The van der Waals surface area contributed by atoms with Crippen LogP contribution in [0.15, 0.2) is 30.5 Å². The molecule has 0 atom stereocenters. The highest BCUT2D eigenvalue weighted by Gasteiger charge is 2.09. The zero-order valence-corrected chi connectivity index (χ0v) is 12.3. The Morgan fingerprint density at radius 3 is 2.67 bits per heavy atom. The predicted octanol–water partition coefficient (Wildman–Crippen LogP) is 2.33. The van der Waals surface area contributed by atoms with Gasteiger partial charge in [-0.15, -0.1) is 0 Å². The Balaban J connectivity index is 2.06. The number of anilines is 1. The first-order valence-electron chi connectivity index (χ1n) is 6.11. The minimum absolute atomic E-state index is 0.0823. The summed E-state index contributed by atoms with van der Waals surface area (Å²) >= 11 is 5.66. The number of halogens is 1. The summed E-state index contributed by atoms with van der Waals surface area (Å²) in [6, 6.07) is 6.88. The number of ether oxygens (including phenoxy) is 2. The fraction of sp³-hybridized carbons (Fsp3) is 0.214. The van der Waals surface area contributed by atoms with Gasteiger partial charge < -0.3 is 14.8 Å². The van der Waals surface area contributed by atoms with Gasteiger partial charge in [0.2, 0.25) is 11.2 Å². The number of methoxy groups -OCH3 is 2. The van der Waals surface area contributed by atoms with E-state index in [1.165, 1.54) is 6.20 Å². The van der Waals surface area contributed by atoms with E-state index in [0.717, 1.165) is 5.56 Å². The van der Waals surface area contributed by atoms with Gasteiger partial charge in [-0.3, -0.25) is 4.79 Å². The monoisotopic (exact) mass is 307 g/mol. The molecule has 1 heterocycles. The van der Waals surface area contributed by atoms with E-state index < -0.39 is 0 Å².